The molecule has 21 heavy (non-hydrogen) atoms. The van der Waals surface area contributed by atoms with E-state index < -0.39 is 48.7 Å². The molecule has 1 aliphatic rings. The lowest BCUT2D eigenvalue weighted by Gasteiger charge is -2.36. The highest BCUT2D eigenvalue weighted by Crippen LogP contribution is 2.43. The van der Waals surface area contributed by atoms with Gasteiger partial charge in [0.05, 0.1) is 0 Å². The molecule has 0 aromatic heterocycles. The molecule has 12 heteroatoms. The van der Waals surface area contributed by atoms with Crippen molar-refractivity contribution in [3.63, 3.8) is 0 Å². The third kappa shape index (κ3) is 3.56. The van der Waals surface area contributed by atoms with Gasteiger partial charge in [0, 0.05) is 12.8 Å². The van der Waals surface area contributed by atoms with Crippen molar-refractivity contribution in [2.45, 2.75) is 43.2 Å². The van der Waals surface area contributed by atoms with Gasteiger partial charge in [-0.1, -0.05) is 0 Å². The number of carbonyl (C=O) groups is 2. The van der Waals surface area contributed by atoms with Crippen molar-refractivity contribution >= 4 is 11.9 Å². The van der Waals surface area contributed by atoms with Gasteiger partial charge in [0.15, 0.2) is 0 Å². The molecule has 122 valence electrons. The molecule has 0 spiro atoms. The number of ether oxygens (including phenoxy) is 2. The first-order valence-electron chi connectivity index (χ1n) is 5.26. The Morgan fingerprint density at radius 3 is 1.33 bits per heavy atom. The molecule has 0 aliphatic heterocycles. The van der Waals surface area contributed by atoms with E-state index in [0.717, 1.165) is 0 Å². The maximum Gasteiger partial charge on any atom is 0.491 e. The number of hydrogen-bond acceptors (Lipinski definition) is 6. The minimum absolute atomic E-state index is 0.358. The summed E-state index contributed by atoms with van der Waals surface area (Å²) in [6.45, 7) is 0. The maximum atomic E-state index is 12.0. The van der Waals surface area contributed by atoms with Crippen molar-refractivity contribution in [1.82, 2.24) is 0 Å². The molecule has 0 amide bonds. The van der Waals surface area contributed by atoms with Crippen LogP contribution in [0.2, 0.25) is 0 Å². The molecule has 6 nitrogen and oxygen atoms in total. The number of hydrogen-bond donors (Lipinski definition) is 2. The molecule has 2 unspecified atom stereocenters. The summed E-state index contributed by atoms with van der Waals surface area (Å²) in [5.74, 6) is -12.8. The highest BCUT2D eigenvalue weighted by Gasteiger charge is 2.64. The topological polar surface area (TPSA) is 93.1 Å². The number of esters is 2. The summed E-state index contributed by atoms with van der Waals surface area (Å²) in [5, 5.41) is 19.2. The average molecular weight is 326 g/mol. The molecule has 0 bridgehead atoms. The van der Waals surface area contributed by atoms with Crippen LogP contribution in [0.4, 0.5) is 26.3 Å². The van der Waals surface area contributed by atoms with Crippen molar-refractivity contribution in [2.24, 2.45) is 0 Å². The second-order valence-electron chi connectivity index (χ2n) is 4.20. The molecule has 2 N–H and O–H groups in total. The largest absolute Gasteiger partial charge is 0.491 e. The van der Waals surface area contributed by atoms with E-state index in [2.05, 4.69) is 9.47 Å². The van der Waals surface area contributed by atoms with Crippen LogP contribution < -0.4 is 0 Å². The van der Waals surface area contributed by atoms with Crippen LogP contribution in [-0.2, 0) is 19.1 Å². The number of alkyl halides is 6. The van der Waals surface area contributed by atoms with Crippen LogP contribution in [0.25, 0.3) is 0 Å². The van der Waals surface area contributed by atoms with Crippen molar-refractivity contribution in [3.05, 3.63) is 0 Å². The van der Waals surface area contributed by atoms with Gasteiger partial charge >= 0.3 is 24.3 Å². The zero-order valence-electron chi connectivity index (χ0n) is 9.92. The fraction of sp³-hybridized carbons (Fsp3) is 0.778. The Morgan fingerprint density at radius 2 is 1.10 bits per heavy atom. The van der Waals surface area contributed by atoms with Gasteiger partial charge in [-0.05, 0) is 6.42 Å². The molecule has 1 aliphatic carbocycles. The van der Waals surface area contributed by atoms with Gasteiger partial charge in [-0.25, -0.2) is 9.59 Å². The van der Waals surface area contributed by atoms with Crippen molar-refractivity contribution in [1.29, 1.82) is 0 Å². The van der Waals surface area contributed by atoms with Crippen LogP contribution in [0.15, 0.2) is 0 Å². The Bertz CT molecular complexity index is 405. The molecule has 1 rings (SSSR count). The van der Waals surface area contributed by atoms with Crippen LogP contribution in [0, 0.1) is 0 Å². The molecule has 0 aromatic rings. The summed E-state index contributed by atoms with van der Waals surface area (Å²) in [4.78, 5) is 21.2. The summed E-state index contributed by atoms with van der Waals surface area (Å²) >= 11 is 0. The Hall–Kier alpha value is -1.56. The SMILES string of the molecule is O=C(OC1(O)CCCC1(O)OC(=O)C(F)(F)F)C(F)(F)F. The lowest BCUT2D eigenvalue weighted by molar-refractivity contribution is -0.359. The van der Waals surface area contributed by atoms with E-state index in [4.69, 9.17) is 0 Å². The van der Waals surface area contributed by atoms with Gasteiger partial charge in [0.2, 0.25) is 0 Å². The minimum Gasteiger partial charge on any atom is -0.419 e. The first-order chi connectivity index (χ1) is 9.21. The van der Waals surface area contributed by atoms with Crippen LogP contribution in [0.1, 0.15) is 19.3 Å². The van der Waals surface area contributed by atoms with Gasteiger partial charge in [-0.15, -0.1) is 0 Å². The van der Waals surface area contributed by atoms with Crippen LogP contribution in [-0.4, -0.2) is 46.1 Å². The molecule has 2 atom stereocenters. The molecule has 0 radical (unpaired) electrons. The Balaban J connectivity index is 2.96. The fourth-order valence-electron chi connectivity index (χ4n) is 1.64. The normalized spacial score (nSPS) is 30.1. The van der Waals surface area contributed by atoms with Crippen molar-refractivity contribution < 1.29 is 55.6 Å². The quantitative estimate of drug-likeness (QED) is 0.442. The van der Waals surface area contributed by atoms with Gasteiger partial charge in [-0.3, -0.25) is 0 Å². The maximum absolute atomic E-state index is 12.0. The lowest BCUT2D eigenvalue weighted by Crippen LogP contribution is -2.57. The summed E-state index contributed by atoms with van der Waals surface area (Å²) in [5.41, 5.74) is 0. The predicted molar refractivity (Wildman–Crippen MR) is 48.0 cm³/mol. The van der Waals surface area contributed by atoms with Crippen LogP contribution >= 0.6 is 0 Å². The van der Waals surface area contributed by atoms with Crippen molar-refractivity contribution in [2.75, 3.05) is 0 Å². The molecule has 1 fully saturated rings. The molecule has 0 saturated heterocycles. The number of halogens is 6. The van der Waals surface area contributed by atoms with E-state index in [1.807, 2.05) is 0 Å². The zero-order valence-corrected chi connectivity index (χ0v) is 9.92. The summed E-state index contributed by atoms with van der Waals surface area (Å²) in [6, 6.07) is 0. The third-order valence-electron chi connectivity index (χ3n) is 2.63. The highest BCUT2D eigenvalue weighted by atomic mass is 19.4. The molecular formula is C9H8F6O6. The second kappa shape index (κ2) is 5.02. The van der Waals surface area contributed by atoms with Crippen LogP contribution in [0.3, 0.4) is 0 Å². The van der Waals surface area contributed by atoms with E-state index in [-0.39, 0.29) is 6.42 Å². The smallest absolute Gasteiger partial charge is 0.419 e. The fourth-order valence-corrected chi connectivity index (χ4v) is 1.64. The predicted octanol–water partition coefficient (Wildman–Crippen LogP) is 0.758. The summed E-state index contributed by atoms with van der Waals surface area (Å²) in [6.07, 6.45) is -13.2. The van der Waals surface area contributed by atoms with E-state index in [9.17, 15) is 46.1 Å². The monoisotopic (exact) mass is 326 g/mol. The lowest BCUT2D eigenvalue weighted by atomic mass is 10.1. The number of carbonyl (C=O) groups excluding carboxylic acids is 2. The molecule has 0 heterocycles. The third-order valence-corrected chi connectivity index (χ3v) is 2.63. The number of rotatable bonds is 2. The minimum atomic E-state index is -5.56. The van der Waals surface area contributed by atoms with E-state index in [1.54, 1.807) is 0 Å². The second-order valence-corrected chi connectivity index (χ2v) is 4.20. The molecule has 0 aromatic carbocycles. The van der Waals surface area contributed by atoms with E-state index in [0.29, 0.717) is 0 Å². The van der Waals surface area contributed by atoms with Crippen molar-refractivity contribution in [3.8, 4) is 0 Å². The number of aliphatic hydroxyl groups is 2. The van der Waals surface area contributed by atoms with Gasteiger partial charge in [0.1, 0.15) is 0 Å². The Labute approximate surface area is 112 Å². The van der Waals surface area contributed by atoms with E-state index in [1.165, 1.54) is 0 Å². The van der Waals surface area contributed by atoms with Gasteiger partial charge < -0.3 is 19.7 Å². The van der Waals surface area contributed by atoms with Gasteiger partial charge in [0.25, 0.3) is 11.6 Å². The summed E-state index contributed by atoms with van der Waals surface area (Å²) in [7, 11) is 0. The Morgan fingerprint density at radius 1 is 0.810 bits per heavy atom. The van der Waals surface area contributed by atoms with Gasteiger partial charge in [-0.2, -0.15) is 26.3 Å². The molecular weight excluding hydrogens is 318 g/mol. The summed E-state index contributed by atoms with van der Waals surface area (Å²) < 4.78 is 79.3. The Kier molecular flexibility index (Phi) is 4.18. The van der Waals surface area contributed by atoms with E-state index >= 15 is 0 Å². The molecule has 1 saturated carbocycles. The highest BCUT2D eigenvalue weighted by molar-refractivity contribution is 5.77. The zero-order chi connectivity index (χ0) is 16.7. The first-order valence-corrected chi connectivity index (χ1v) is 5.26. The van der Waals surface area contributed by atoms with Crippen LogP contribution in [0.5, 0.6) is 0 Å². The average Bonchev–Trinajstić information content (AvgIpc) is 2.52. The standard InChI is InChI=1S/C9H8F6O6/c10-8(11,12)4(16)20-6(18)2-1-3-7(6,19)21-5(17)9(13,14)15/h18-19H,1-3H2. The first kappa shape index (κ1) is 17.5.